The first-order chi connectivity index (χ1) is 6.52. The third-order valence-electron chi connectivity index (χ3n) is 2.04. The number of carboxylic acids is 1. The highest BCUT2D eigenvalue weighted by Gasteiger charge is 2.18. The smallest absolute Gasteiger partial charge is 0.326 e. The summed E-state index contributed by atoms with van der Waals surface area (Å²) in [5.41, 5.74) is 0.819. The highest BCUT2D eigenvalue weighted by atomic mass is 16.4. The predicted octanol–water partition coefficient (Wildman–Crippen LogP) is 0.694. The number of anilines is 1. The Morgan fingerprint density at radius 2 is 2.29 bits per heavy atom. The number of carboxylic acid groups (broad SMARTS) is 1. The van der Waals surface area contributed by atoms with Crippen LogP contribution in [-0.2, 0) is 4.79 Å². The van der Waals surface area contributed by atoms with Gasteiger partial charge in [-0.25, -0.2) is 14.8 Å². The van der Waals surface area contributed by atoms with Gasteiger partial charge in [0, 0.05) is 18.9 Å². The standard InChI is InChI=1S/C9H13N3O2/c1-6-4-5-10-9(11-6)12(3)7(2)8(13)14/h4-5,7H,1-3H3,(H,13,14). The van der Waals surface area contributed by atoms with E-state index in [1.807, 2.05) is 6.92 Å². The molecule has 1 unspecified atom stereocenters. The van der Waals surface area contributed by atoms with E-state index in [0.29, 0.717) is 5.95 Å². The highest BCUT2D eigenvalue weighted by Crippen LogP contribution is 2.08. The Bertz CT molecular complexity index is 341. The summed E-state index contributed by atoms with van der Waals surface area (Å²) >= 11 is 0. The molecule has 0 aliphatic carbocycles. The lowest BCUT2D eigenvalue weighted by atomic mass is 10.3. The Morgan fingerprint density at radius 3 is 2.79 bits per heavy atom. The minimum atomic E-state index is -0.891. The third kappa shape index (κ3) is 2.18. The maximum Gasteiger partial charge on any atom is 0.326 e. The maximum atomic E-state index is 10.7. The van der Waals surface area contributed by atoms with Gasteiger partial charge in [-0.15, -0.1) is 0 Å². The highest BCUT2D eigenvalue weighted by molar-refractivity contribution is 5.76. The second kappa shape index (κ2) is 4.04. The summed E-state index contributed by atoms with van der Waals surface area (Å²) in [6.45, 7) is 3.43. The number of carbonyl (C=O) groups is 1. The number of rotatable bonds is 3. The normalized spacial score (nSPS) is 12.2. The molecule has 1 heterocycles. The van der Waals surface area contributed by atoms with Crippen LogP contribution in [0, 0.1) is 6.92 Å². The van der Waals surface area contributed by atoms with Crippen molar-refractivity contribution in [2.75, 3.05) is 11.9 Å². The van der Waals surface area contributed by atoms with Crippen LogP contribution in [0.1, 0.15) is 12.6 Å². The van der Waals surface area contributed by atoms with Crippen LogP contribution in [0.3, 0.4) is 0 Å². The number of hydrogen-bond donors (Lipinski definition) is 1. The van der Waals surface area contributed by atoms with Crippen molar-refractivity contribution in [1.82, 2.24) is 9.97 Å². The van der Waals surface area contributed by atoms with Crippen LogP contribution >= 0.6 is 0 Å². The zero-order valence-electron chi connectivity index (χ0n) is 8.43. The lowest BCUT2D eigenvalue weighted by Gasteiger charge is -2.21. The fraction of sp³-hybridized carbons (Fsp3) is 0.444. The fourth-order valence-electron chi connectivity index (χ4n) is 0.944. The van der Waals surface area contributed by atoms with Gasteiger partial charge >= 0.3 is 5.97 Å². The number of aryl methyl sites for hydroxylation is 1. The van der Waals surface area contributed by atoms with E-state index in [9.17, 15) is 4.79 Å². The molecule has 1 atom stereocenters. The lowest BCUT2D eigenvalue weighted by Crippen LogP contribution is -2.36. The lowest BCUT2D eigenvalue weighted by molar-refractivity contribution is -0.138. The quantitative estimate of drug-likeness (QED) is 0.768. The number of aromatic nitrogens is 2. The molecular weight excluding hydrogens is 182 g/mol. The average molecular weight is 195 g/mol. The first-order valence-corrected chi connectivity index (χ1v) is 4.27. The van der Waals surface area contributed by atoms with Crippen LogP contribution in [0.15, 0.2) is 12.3 Å². The van der Waals surface area contributed by atoms with Crippen LogP contribution in [0.25, 0.3) is 0 Å². The van der Waals surface area contributed by atoms with Gasteiger partial charge in [-0.05, 0) is 19.9 Å². The Kier molecular flexibility index (Phi) is 3.01. The number of aliphatic carboxylic acids is 1. The van der Waals surface area contributed by atoms with Crippen LogP contribution in [-0.4, -0.2) is 34.1 Å². The zero-order valence-corrected chi connectivity index (χ0v) is 8.43. The Labute approximate surface area is 82.4 Å². The van der Waals surface area contributed by atoms with E-state index >= 15 is 0 Å². The Morgan fingerprint density at radius 1 is 1.64 bits per heavy atom. The Balaban J connectivity index is 2.89. The zero-order chi connectivity index (χ0) is 10.7. The third-order valence-corrected chi connectivity index (χ3v) is 2.04. The van der Waals surface area contributed by atoms with E-state index in [2.05, 4.69) is 9.97 Å². The molecule has 0 aromatic carbocycles. The van der Waals surface area contributed by atoms with E-state index in [4.69, 9.17) is 5.11 Å². The molecule has 0 bridgehead atoms. The van der Waals surface area contributed by atoms with E-state index < -0.39 is 12.0 Å². The van der Waals surface area contributed by atoms with Crippen molar-refractivity contribution < 1.29 is 9.90 Å². The van der Waals surface area contributed by atoms with Gasteiger partial charge in [0.05, 0.1) is 0 Å². The summed E-state index contributed by atoms with van der Waals surface area (Å²) in [6, 6.07) is 1.14. The molecule has 5 nitrogen and oxygen atoms in total. The van der Waals surface area contributed by atoms with Crippen molar-refractivity contribution in [3.05, 3.63) is 18.0 Å². The summed E-state index contributed by atoms with van der Waals surface area (Å²) in [6.07, 6.45) is 1.61. The molecule has 0 aliphatic heterocycles. The molecule has 1 N–H and O–H groups in total. The van der Waals surface area contributed by atoms with Gasteiger partial charge in [0.2, 0.25) is 5.95 Å². The van der Waals surface area contributed by atoms with Crippen molar-refractivity contribution in [2.45, 2.75) is 19.9 Å². The maximum absolute atomic E-state index is 10.7. The predicted molar refractivity (Wildman–Crippen MR) is 52.3 cm³/mol. The molecule has 1 rings (SSSR count). The molecule has 5 heteroatoms. The molecule has 0 saturated heterocycles. The van der Waals surface area contributed by atoms with Gasteiger partial charge in [0.15, 0.2) is 0 Å². The van der Waals surface area contributed by atoms with E-state index in [1.54, 1.807) is 26.2 Å². The monoisotopic (exact) mass is 195 g/mol. The van der Waals surface area contributed by atoms with Crippen LogP contribution in [0.4, 0.5) is 5.95 Å². The molecule has 0 fully saturated rings. The number of likely N-dealkylation sites (N-methyl/N-ethyl adjacent to an activating group) is 1. The van der Waals surface area contributed by atoms with E-state index in [0.717, 1.165) is 5.69 Å². The second-order valence-corrected chi connectivity index (χ2v) is 3.12. The summed E-state index contributed by atoms with van der Waals surface area (Å²) in [5.74, 6) is -0.461. The largest absolute Gasteiger partial charge is 0.480 e. The average Bonchev–Trinajstić information content (AvgIpc) is 2.15. The van der Waals surface area contributed by atoms with Crippen molar-refractivity contribution in [1.29, 1.82) is 0 Å². The van der Waals surface area contributed by atoms with Crippen LogP contribution in [0.5, 0.6) is 0 Å². The van der Waals surface area contributed by atoms with Crippen molar-refractivity contribution in [2.24, 2.45) is 0 Å². The van der Waals surface area contributed by atoms with Gasteiger partial charge in [0.1, 0.15) is 6.04 Å². The number of nitrogens with zero attached hydrogens (tertiary/aromatic N) is 3. The molecule has 76 valence electrons. The molecule has 1 aromatic heterocycles. The minimum absolute atomic E-state index is 0.430. The van der Waals surface area contributed by atoms with Crippen molar-refractivity contribution in [3.8, 4) is 0 Å². The molecule has 0 saturated carbocycles. The first-order valence-electron chi connectivity index (χ1n) is 4.27. The molecule has 0 spiro atoms. The van der Waals surface area contributed by atoms with Crippen molar-refractivity contribution >= 4 is 11.9 Å². The van der Waals surface area contributed by atoms with Gasteiger partial charge < -0.3 is 10.0 Å². The van der Waals surface area contributed by atoms with Crippen LogP contribution < -0.4 is 4.90 Å². The second-order valence-electron chi connectivity index (χ2n) is 3.12. The molecule has 1 aromatic rings. The molecule has 0 aliphatic rings. The summed E-state index contributed by atoms with van der Waals surface area (Å²) < 4.78 is 0. The van der Waals surface area contributed by atoms with E-state index in [-0.39, 0.29) is 0 Å². The molecule has 14 heavy (non-hydrogen) atoms. The molecule has 0 radical (unpaired) electrons. The minimum Gasteiger partial charge on any atom is -0.480 e. The summed E-state index contributed by atoms with van der Waals surface area (Å²) in [7, 11) is 1.66. The van der Waals surface area contributed by atoms with E-state index in [1.165, 1.54) is 4.90 Å². The van der Waals surface area contributed by atoms with Gasteiger partial charge in [-0.3, -0.25) is 0 Å². The SMILES string of the molecule is Cc1ccnc(N(C)C(C)C(=O)O)n1. The summed E-state index contributed by atoms with van der Waals surface area (Å²) in [4.78, 5) is 20.3. The topological polar surface area (TPSA) is 66.3 Å². The van der Waals surface area contributed by atoms with Gasteiger partial charge in [-0.1, -0.05) is 0 Å². The molecular formula is C9H13N3O2. The van der Waals surface area contributed by atoms with Gasteiger partial charge in [0.25, 0.3) is 0 Å². The first kappa shape index (κ1) is 10.4. The summed E-state index contributed by atoms with van der Waals surface area (Å²) in [5, 5.41) is 8.79. The van der Waals surface area contributed by atoms with Crippen molar-refractivity contribution in [3.63, 3.8) is 0 Å². The van der Waals surface area contributed by atoms with Gasteiger partial charge in [-0.2, -0.15) is 0 Å². The molecule has 0 amide bonds. The van der Waals surface area contributed by atoms with Crippen LogP contribution in [0.2, 0.25) is 0 Å². The Hall–Kier alpha value is -1.65. The fourth-order valence-corrected chi connectivity index (χ4v) is 0.944. The number of hydrogen-bond acceptors (Lipinski definition) is 4.